The summed E-state index contributed by atoms with van der Waals surface area (Å²) < 4.78 is 0. The molecule has 1 aliphatic heterocycles. The van der Waals surface area contributed by atoms with Gasteiger partial charge in [0.25, 0.3) is 0 Å². The Labute approximate surface area is 111 Å². The molecule has 0 spiro atoms. The molecule has 2 atom stereocenters. The fraction of sp³-hybridized carbons (Fsp3) is 0.929. The molecule has 0 bridgehead atoms. The summed E-state index contributed by atoms with van der Waals surface area (Å²) in [7, 11) is 0. The maximum Gasteiger partial charge on any atom is 0.237 e. The number of nitrogens with zero attached hydrogens (tertiary/aromatic N) is 1. The highest BCUT2D eigenvalue weighted by molar-refractivity contribution is 5.81. The lowest BCUT2D eigenvalue weighted by Crippen LogP contribution is -2.50. The summed E-state index contributed by atoms with van der Waals surface area (Å²) in [6.07, 6.45) is 4.45. The lowest BCUT2D eigenvalue weighted by atomic mass is 10.1. The van der Waals surface area contributed by atoms with Gasteiger partial charge in [-0.3, -0.25) is 9.69 Å². The van der Waals surface area contributed by atoms with Crippen LogP contribution < -0.4 is 10.6 Å². The van der Waals surface area contributed by atoms with Crippen LogP contribution in [0.1, 0.15) is 46.5 Å². The number of rotatable bonds is 8. The third kappa shape index (κ3) is 4.58. The van der Waals surface area contributed by atoms with Crippen LogP contribution in [0.2, 0.25) is 0 Å². The van der Waals surface area contributed by atoms with Crippen LogP contribution in [0.15, 0.2) is 0 Å². The van der Waals surface area contributed by atoms with Gasteiger partial charge in [-0.15, -0.1) is 0 Å². The predicted molar refractivity (Wildman–Crippen MR) is 75.7 cm³/mol. The lowest BCUT2D eigenvalue weighted by Gasteiger charge is -2.33. The van der Waals surface area contributed by atoms with E-state index in [9.17, 15) is 4.79 Å². The number of hydrogen-bond acceptors (Lipinski definition) is 3. The van der Waals surface area contributed by atoms with Gasteiger partial charge in [-0.25, -0.2) is 0 Å². The molecule has 1 fully saturated rings. The largest absolute Gasteiger partial charge is 0.355 e. The van der Waals surface area contributed by atoms with E-state index in [4.69, 9.17) is 0 Å². The number of nitrogens with one attached hydrogen (secondary N) is 2. The average Bonchev–Trinajstić information content (AvgIpc) is 2.89. The summed E-state index contributed by atoms with van der Waals surface area (Å²) in [6.45, 7) is 10.3. The maximum absolute atomic E-state index is 12.1. The van der Waals surface area contributed by atoms with Crippen LogP contribution in [0.25, 0.3) is 0 Å². The lowest BCUT2D eigenvalue weighted by molar-refractivity contribution is -0.126. The highest BCUT2D eigenvalue weighted by Crippen LogP contribution is 2.13. The summed E-state index contributed by atoms with van der Waals surface area (Å²) in [5, 5.41) is 6.43. The molecule has 0 aromatic rings. The zero-order valence-corrected chi connectivity index (χ0v) is 12.2. The first-order valence-electron chi connectivity index (χ1n) is 7.44. The van der Waals surface area contributed by atoms with Crippen LogP contribution in [0.4, 0.5) is 0 Å². The molecule has 0 aromatic heterocycles. The zero-order valence-electron chi connectivity index (χ0n) is 12.2. The van der Waals surface area contributed by atoms with Gasteiger partial charge in [0.1, 0.15) is 0 Å². The predicted octanol–water partition coefficient (Wildman–Crippen LogP) is 1.37. The smallest absolute Gasteiger partial charge is 0.237 e. The normalized spacial score (nSPS) is 21.2. The summed E-state index contributed by atoms with van der Waals surface area (Å²) in [4.78, 5) is 14.5. The van der Waals surface area contributed by atoms with Gasteiger partial charge < -0.3 is 10.6 Å². The Bertz CT molecular complexity index is 239. The van der Waals surface area contributed by atoms with E-state index >= 15 is 0 Å². The first kappa shape index (κ1) is 15.4. The minimum Gasteiger partial charge on any atom is -0.355 e. The van der Waals surface area contributed by atoms with Gasteiger partial charge in [-0.05, 0) is 39.3 Å². The summed E-state index contributed by atoms with van der Waals surface area (Å²) in [6, 6.07) is 0.517. The monoisotopic (exact) mass is 255 g/mol. The molecular formula is C14H29N3O. The third-order valence-corrected chi connectivity index (χ3v) is 3.69. The Morgan fingerprint density at radius 3 is 2.78 bits per heavy atom. The first-order chi connectivity index (χ1) is 8.70. The van der Waals surface area contributed by atoms with Crippen LogP contribution in [0.5, 0.6) is 0 Å². The van der Waals surface area contributed by atoms with Gasteiger partial charge in [-0.2, -0.15) is 0 Å². The SMILES string of the molecule is CCCCNC(=O)C(C)N(CCC)C1CCNC1. The van der Waals surface area contributed by atoms with E-state index in [0.717, 1.165) is 51.9 Å². The summed E-state index contributed by atoms with van der Waals surface area (Å²) in [5.41, 5.74) is 0. The highest BCUT2D eigenvalue weighted by atomic mass is 16.2. The molecule has 0 radical (unpaired) electrons. The van der Waals surface area contributed by atoms with Crippen molar-refractivity contribution in [1.82, 2.24) is 15.5 Å². The molecule has 1 amide bonds. The van der Waals surface area contributed by atoms with Crippen molar-refractivity contribution in [3.63, 3.8) is 0 Å². The van der Waals surface area contributed by atoms with Gasteiger partial charge >= 0.3 is 0 Å². The van der Waals surface area contributed by atoms with Crippen molar-refractivity contribution in [1.29, 1.82) is 0 Å². The molecule has 0 aromatic carbocycles. The molecule has 106 valence electrons. The van der Waals surface area contributed by atoms with Crippen LogP contribution in [-0.2, 0) is 4.79 Å². The van der Waals surface area contributed by atoms with E-state index in [2.05, 4.69) is 29.4 Å². The molecule has 1 heterocycles. The molecule has 2 N–H and O–H groups in total. The Morgan fingerprint density at radius 1 is 1.44 bits per heavy atom. The molecule has 1 rings (SSSR count). The van der Waals surface area contributed by atoms with Crippen LogP contribution in [-0.4, -0.2) is 49.1 Å². The second-order valence-corrected chi connectivity index (χ2v) is 5.21. The maximum atomic E-state index is 12.1. The van der Waals surface area contributed by atoms with Crippen molar-refractivity contribution in [2.24, 2.45) is 0 Å². The van der Waals surface area contributed by atoms with Crippen molar-refractivity contribution in [3.8, 4) is 0 Å². The number of amides is 1. The van der Waals surface area contributed by atoms with Gasteiger partial charge in [0.05, 0.1) is 6.04 Å². The average molecular weight is 255 g/mol. The molecular weight excluding hydrogens is 226 g/mol. The molecule has 4 heteroatoms. The van der Waals surface area contributed by atoms with E-state index < -0.39 is 0 Å². The first-order valence-corrected chi connectivity index (χ1v) is 7.44. The van der Waals surface area contributed by atoms with Crippen molar-refractivity contribution >= 4 is 5.91 Å². The molecule has 0 aliphatic carbocycles. The van der Waals surface area contributed by atoms with Crippen molar-refractivity contribution in [3.05, 3.63) is 0 Å². The van der Waals surface area contributed by atoms with Gasteiger partial charge in [0.2, 0.25) is 5.91 Å². The number of unbranched alkanes of at least 4 members (excludes halogenated alkanes) is 1. The van der Waals surface area contributed by atoms with E-state index in [1.807, 2.05) is 6.92 Å². The number of hydrogen-bond donors (Lipinski definition) is 2. The van der Waals surface area contributed by atoms with E-state index in [1.54, 1.807) is 0 Å². The molecule has 18 heavy (non-hydrogen) atoms. The van der Waals surface area contributed by atoms with Gasteiger partial charge in [0.15, 0.2) is 0 Å². The Balaban J connectivity index is 2.46. The van der Waals surface area contributed by atoms with Gasteiger partial charge in [0, 0.05) is 19.1 Å². The molecule has 4 nitrogen and oxygen atoms in total. The van der Waals surface area contributed by atoms with Crippen molar-refractivity contribution in [2.45, 2.75) is 58.5 Å². The van der Waals surface area contributed by atoms with Crippen molar-refractivity contribution < 1.29 is 4.79 Å². The highest BCUT2D eigenvalue weighted by Gasteiger charge is 2.29. The summed E-state index contributed by atoms with van der Waals surface area (Å²) >= 11 is 0. The molecule has 2 unspecified atom stereocenters. The van der Waals surface area contributed by atoms with Gasteiger partial charge in [-0.1, -0.05) is 20.3 Å². The van der Waals surface area contributed by atoms with Crippen LogP contribution >= 0.6 is 0 Å². The van der Waals surface area contributed by atoms with E-state index in [0.29, 0.717) is 6.04 Å². The summed E-state index contributed by atoms with van der Waals surface area (Å²) in [5.74, 6) is 0.184. The van der Waals surface area contributed by atoms with Crippen LogP contribution in [0.3, 0.4) is 0 Å². The fourth-order valence-corrected chi connectivity index (χ4v) is 2.56. The standard InChI is InChI=1S/C14H29N3O/c1-4-6-8-16-14(18)12(3)17(10-5-2)13-7-9-15-11-13/h12-13,15H,4-11H2,1-3H3,(H,16,18). The number of carbonyl (C=O) groups excluding carboxylic acids is 1. The topological polar surface area (TPSA) is 44.4 Å². The quantitative estimate of drug-likeness (QED) is 0.644. The Morgan fingerprint density at radius 2 is 2.22 bits per heavy atom. The zero-order chi connectivity index (χ0) is 13.4. The third-order valence-electron chi connectivity index (χ3n) is 3.69. The minimum atomic E-state index is -0.00768. The van der Waals surface area contributed by atoms with Crippen molar-refractivity contribution in [2.75, 3.05) is 26.2 Å². The molecule has 1 saturated heterocycles. The molecule has 1 aliphatic rings. The molecule has 0 saturated carbocycles. The minimum absolute atomic E-state index is 0.00768. The number of carbonyl (C=O) groups is 1. The second-order valence-electron chi connectivity index (χ2n) is 5.21. The fourth-order valence-electron chi connectivity index (χ4n) is 2.56. The van der Waals surface area contributed by atoms with E-state index in [1.165, 1.54) is 0 Å². The Kier molecular flexibility index (Phi) is 7.28. The Hall–Kier alpha value is -0.610. The second kappa shape index (κ2) is 8.48. The van der Waals surface area contributed by atoms with Crippen LogP contribution in [0, 0.1) is 0 Å². The van der Waals surface area contributed by atoms with E-state index in [-0.39, 0.29) is 11.9 Å².